The van der Waals surface area contributed by atoms with E-state index in [1.165, 1.54) is 0 Å². The average molecular weight is 224 g/mol. The van der Waals surface area contributed by atoms with Gasteiger partial charge in [0.05, 0.1) is 24.6 Å². The molecule has 0 saturated carbocycles. The molecule has 1 aromatic carbocycles. The van der Waals surface area contributed by atoms with Gasteiger partial charge in [0.25, 0.3) is 0 Å². The molecule has 0 fully saturated rings. The SMILES string of the molecule is CCOc1cccc(N(CC)CCO)c1N. The number of anilines is 2. The molecule has 4 heteroatoms. The van der Waals surface area contributed by atoms with Crippen molar-refractivity contribution >= 4 is 11.4 Å². The maximum absolute atomic E-state index is 8.98. The van der Waals surface area contributed by atoms with Crippen molar-refractivity contribution in [1.82, 2.24) is 0 Å². The molecule has 0 radical (unpaired) electrons. The first-order valence-corrected chi connectivity index (χ1v) is 5.61. The topological polar surface area (TPSA) is 58.7 Å². The molecular formula is C12H20N2O2. The standard InChI is InChI=1S/C12H20N2O2/c1-3-14(8-9-15)10-6-5-7-11(12(10)13)16-4-2/h5-7,15H,3-4,8-9,13H2,1-2H3. The van der Waals surface area contributed by atoms with E-state index in [1.54, 1.807) is 0 Å². The summed E-state index contributed by atoms with van der Waals surface area (Å²) in [5, 5.41) is 8.98. The van der Waals surface area contributed by atoms with Gasteiger partial charge < -0.3 is 20.5 Å². The predicted octanol–water partition coefficient (Wildman–Crippen LogP) is 1.49. The molecule has 0 aliphatic rings. The van der Waals surface area contributed by atoms with Crippen LogP contribution in [0.2, 0.25) is 0 Å². The molecule has 90 valence electrons. The normalized spacial score (nSPS) is 10.2. The number of aliphatic hydroxyl groups is 1. The van der Waals surface area contributed by atoms with E-state index in [1.807, 2.05) is 36.9 Å². The molecule has 0 aliphatic carbocycles. The van der Waals surface area contributed by atoms with Gasteiger partial charge in [-0.2, -0.15) is 0 Å². The zero-order valence-electron chi connectivity index (χ0n) is 9.94. The molecule has 0 aromatic heterocycles. The summed E-state index contributed by atoms with van der Waals surface area (Å²) in [6, 6.07) is 5.71. The summed E-state index contributed by atoms with van der Waals surface area (Å²) in [5.41, 5.74) is 7.59. The maximum Gasteiger partial charge on any atom is 0.144 e. The van der Waals surface area contributed by atoms with Crippen LogP contribution in [0, 0.1) is 0 Å². The second kappa shape index (κ2) is 6.23. The molecule has 0 atom stereocenters. The van der Waals surface area contributed by atoms with Crippen molar-refractivity contribution in [2.24, 2.45) is 0 Å². The van der Waals surface area contributed by atoms with E-state index in [9.17, 15) is 0 Å². The lowest BCUT2D eigenvalue weighted by Gasteiger charge is -2.24. The van der Waals surface area contributed by atoms with Crippen molar-refractivity contribution in [3.63, 3.8) is 0 Å². The van der Waals surface area contributed by atoms with Gasteiger partial charge >= 0.3 is 0 Å². The van der Waals surface area contributed by atoms with Gasteiger partial charge in [-0.05, 0) is 26.0 Å². The van der Waals surface area contributed by atoms with Crippen molar-refractivity contribution in [2.45, 2.75) is 13.8 Å². The van der Waals surface area contributed by atoms with Gasteiger partial charge in [0.1, 0.15) is 5.75 Å². The molecule has 0 aliphatic heterocycles. The maximum atomic E-state index is 8.98. The average Bonchev–Trinajstić information content (AvgIpc) is 2.30. The third kappa shape index (κ3) is 2.79. The summed E-state index contributed by atoms with van der Waals surface area (Å²) in [4.78, 5) is 2.03. The van der Waals surface area contributed by atoms with Gasteiger partial charge in [-0.3, -0.25) is 0 Å². The largest absolute Gasteiger partial charge is 0.492 e. The first kappa shape index (κ1) is 12.6. The summed E-state index contributed by atoms with van der Waals surface area (Å²) in [7, 11) is 0. The van der Waals surface area contributed by atoms with Crippen LogP contribution in [0.4, 0.5) is 11.4 Å². The Morgan fingerprint density at radius 2 is 2.12 bits per heavy atom. The molecule has 1 aromatic rings. The Morgan fingerprint density at radius 3 is 2.69 bits per heavy atom. The molecule has 0 heterocycles. The summed E-state index contributed by atoms with van der Waals surface area (Å²) in [5.74, 6) is 0.705. The van der Waals surface area contributed by atoms with Crippen LogP contribution in [0.15, 0.2) is 18.2 Å². The van der Waals surface area contributed by atoms with E-state index in [0.717, 1.165) is 12.2 Å². The second-order valence-electron chi connectivity index (χ2n) is 3.43. The Morgan fingerprint density at radius 1 is 1.38 bits per heavy atom. The van der Waals surface area contributed by atoms with E-state index in [4.69, 9.17) is 15.6 Å². The minimum Gasteiger partial charge on any atom is -0.492 e. The van der Waals surface area contributed by atoms with Gasteiger partial charge in [-0.25, -0.2) is 0 Å². The fraction of sp³-hybridized carbons (Fsp3) is 0.500. The molecule has 3 N–H and O–H groups in total. The molecule has 4 nitrogen and oxygen atoms in total. The zero-order valence-corrected chi connectivity index (χ0v) is 9.94. The zero-order chi connectivity index (χ0) is 12.0. The molecule has 0 spiro atoms. The minimum absolute atomic E-state index is 0.117. The summed E-state index contributed by atoms with van der Waals surface area (Å²) in [6.45, 7) is 6.06. The quantitative estimate of drug-likeness (QED) is 0.719. The van der Waals surface area contributed by atoms with Gasteiger partial charge in [-0.15, -0.1) is 0 Å². The number of aliphatic hydroxyl groups excluding tert-OH is 1. The van der Waals surface area contributed by atoms with Crippen LogP contribution >= 0.6 is 0 Å². The summed E-state index contributed by atoms with van der Waals surface area (Å²) in [6.07, 6.45) is 0. The number of nitrogens with two attached hydrogens (primary N) is 1. The minimum atomic E-state index is 0.117. The van der Waals surface area contributed by atoms with Gasteiger partial charge in [0.15, 0.2) is 0 Å². The first-order valence-electron chi connectivity index (χ1n) is 5.61. The summed E-state index contributed by atoms with van der Waals surface area (Å²) < 4.78 is 5.44. The molecule has 0 saturated heterocycles. The number of benzene rings is 1. The van der Waals surface area contributed by atoms with Crippen molar-refractivity contribution in [1.29, 1.82) is 0 Å². The van der Waals surface area contributed by atoms with Crippen molar-refractivity contribution in [2.75, 3.05) is 36.9 Å². The fourth-order valence-corrected chi connectivity index (χ4v) is 1.66. The van der Waals surface area contributed by atoms with Crippen LogP contribution in [-0.2, 0) is 0 Å². The van der Waals surface area contributed by atoms with Crippen LogP contribution in [-0.4, -0.2) is 31.4 Å². The lowest BCUT2D eigenvalue weighted by molar-refractivity contribution is 0.302. The predicted molar refractivity (Wildman–Crippen MR) is 67.0 cm³/mol. The van der Waals surface area contributed by atoms with Gasteiger partial charge in [0, 0.05) is 13.1 Å². The highest BCUT2D eigenvalue weighted by molar-refractivity contribution is 5.74. The smallest absolute Gasteiger partial charge is 0.144 e. The third-order valence-corrected chi connectivity index (χ3v) is 2.44. The lowest BCUT2D eigenvalue weighted by atomic mass is 10.2. The van der Waals surface area contributed by atoms with Crippen molar-refractivity contribution < 1.29 is 9.84 Å². The number of rotatable bonds is 6. The Hall–Kier alpha value is -1.42. The highest BCUT2D eigenvalue weighted by atomic mass is 16.5. The Labute approximate surface area is 96.6 Å². The number of ether oxygens (including phenoxy) is 1. The van der Waals surface area contributed by atoms with Crippen LogP contribution in [0.1, 0.15) is 13.8 Å². The Bertz CT molecular complexity index is 329. The number of nitrogen functional groups attached to an aromatic ring is 1. The number of hydrogen-bond donors (Lipinski definition) is 2. The van der Waals surface area contributed by atoms with Crippen LogP contribution < -0.4 is 15.4 Å². The molecule has 0 unspecified atom stereocenters. The van der Waals surface area contributed by atoms with E-state index >= 15 is 0 Å². The van der Waals surface area contributed by atoms with E-state index in [0.29, 0.717) is 24.6 Å². The molecule has 0 bridgehead atoms. The highest BCUT2D eigenvalue weighted by Gasteiger charge is 2.10. The van der Waals surface area contributed by atoms with Gasteiger partial charge in [0.2, 0.25) is 0 Å². The summed E-state index contributed by atoms with van der Waals surface area (Å²) >= 11 is 0. The highest BCUT2D eigenvalue weighted by Crippen LogP contribution is 2.31. The molecule has 16 heavy (non-hydrogen) atoms. The van der Waals surface area contributed by atoms with Crippen LogP contribution in [0.5, 0.6) is 5.75 Å². The van der Waals surface area contributed by atoms with E-state index in [2.05, 4.69) is 0 Å². The molecule has 0 amide bonds. The van der Waals surface area contributed by atoms with Crippen LogP contribution in [0.3, 0.4) is 0 Å². The Balaban J connectivity index is 2.98. The number of hydrogen-bond acceptors (Lipinski definition) is 4. The van der Waals surface area contributed by atoms with Crippen LogP contribution in [0.25, 0.3) is 0 Å². The second-order valence-corrected chi connectivity index (χ2v) is 3.43. The number of likely N-dealkylation sites (N-methyl/N-ethyl adjacent to an activating group) is 1. The molecule has 1 rings (SSSR count). The van der Waals surface area contributed by atoms with Gasteiger partial charge in [-0.1, -0.05) is 6.07 Å². The number of para-hydroxylation sites is 1. The van der Waals surface area contributed by atoms with E-state index < -0.39 is 0 Å². The monoisotopic (exact) mass is 224 g/mol. The van der Waals surface area contributed by atoms with Crippen molar-refractivity contribution in [3.05, 3.63) is 18.2 Å². The third-order valence-electron chi connectivity index (χ3n) is 2.44. The lowest BCUT2D eigenvalue weighted by Crippen LogP contribution is -2.27. The van der Waals surface area contributed by atoms with E-state index in [-0.39, 0.29) is 6.61 Å². The molecular weight excluding hydrogens is 204 g/mol. The fourth-order valence-electron chi connectivity index (χ4n) is 1.66. The number of nitrogens with zero attached hydrogens (tertiary/aromatic N) is 1. The Kier molecular flexibility index (Phi) is 4.92. The first-order chi connectivity index (χ1) is 7.74. The van der Waals surface area contributed by atoms with Crippen molar-refractivity contribution in [3.8, 4) is 5.75 Å².